The lowest BCUT2D eigenvalue weighted by Crippen LogP contribution is -2.23. The summed E-state index contributed by atoms with van der Waals surface area (Å²) in [5.41, 5.74) is 0. The molecule has 1 fully saturated rings. The molecule has 110 valence electrons. The number of alkyl halides is 2. The van der Waals surface area contributed by atoms with Crippen LogP contribution in [0.2, 0.25) is 0 Å². The highest BCUT2D eigenvalue weighted by atomic mass is 19.2. The number of hydrogen-bond donors (Lipinski definition) is 0. The van der Waals surface area contributed by atoms with Crippen molar-refractivity contribution in [1.82, 2.24) is 0 Å². The summed E-state index contributed by atoms with van der Waals surface area (Å²) in [4.78, 5) is 0. The fourth-order valence-electron chi connectivity index (χ4n) is 3.27. The summed E-state index contributed by atoms with van der Waals surface area (Å²) in [5, 5.41) is 0. The van der Waals surface area contributed by atoms with E-state index in [-0.39, 0.29) is 6.42 Å². The zero-order chi connectivity index (χ0) is 17.3. The molecule has 1 saturated carbocycles. The number of halogens is 2. The average molecular weight is 274 g/mol. The van der Waals surface area contributed by atoms with Crippen molar-refractivity contribution in [3.63, 3.8) is 0 Å². The molecule has 0 amide bonds. The van der Waals surface area contributed by atoms with Crippen molar-refractivity contribution in [2.45, 2.75) is 77.0 Å². The van der Waals surface area contributed by atoms with Crippen LogP contribution in [-0.4, -0.2) is 12.3 Å². The Hall–Kier alpha value is -0.400. The van der Waals surface area contributed by atoms with Crippen LogP contribution in [0.3, 0.4) is 0 Å². The van der Waals surface area contributed by atoms with E-state index in [9.17, 15) is 8.78 Å². The monoisotopic (exact) mass is 274 g/mol. The minimum absolute atomic E-state index is 0.136. The summed E-state index contributed by atoms with van der Waals surface area (Å²) >= 11 is 0. The molecule has 0 radical (unpaired) electrons. The first kappa shape index (κ1) is 10.3. The maximum absolute atomic E-state index is 14.2. The second-order valence-electron chi connectivity index (χ2n) is 5.97. The summed E-state index contributed by atoms with van der Waals surface area (Å²) in [6.07, 6.45) is 1.11. The van der Waals surface area contributed by atoms with Crippen LogP contribution in [0.25, 0.3) is 0 Å². The SMILES string of the molecule is [2H]C1(CCC2CCC(CCC)CC2)C=CC(F)C([2H])(F)C1([2H])[2H]. The maximum atomic E-state index is 14.2. The molecule has 0 heterocycles. The van der Waals surface area contributed by atoms with Gasteiger partial charge in [0, 0.05) is 4.11 Å². The van der Waals surface area contributed by atoms with Crippen LogP contribution in [-0.2, 0) is 0 Å². The molecule has 19 heavy (non-hydrogen) atoms. The molecule has 0 nitrogen and oxygen atoms in total. The molecule has 0 bridgehead atoms. The molecule has 0 aliphatic heterocycles. The van der Waals surface area contributed by atoms with Crippen LogP contribution >= 0.6 is 0 Å². The van der Waals surface area contributed by atoms with Gasteiger partial charge in [0.15, 0.2) is 0 Å². The van der Waals surface area contributed by atoms with E-state index >= 15 is 0 Å². The van der Waals surface area contributed by atoms with Crippen LogP contribution in [0.1, 0.15) is 70.1 Å². The van der Waals surface area contributed by atoms with Crippen LogP contribution < -0.4 is 0 Å². The molecule has 0 aromatic heterocycles. The Balaban J connectivity index is 1.96. The molecule has 2 aliphatic carbocycles. The minimum Gasteiger partial charge on any atom is -0.244 e. The summed E-state index contributed by atoms with van der Waals surface area (Å²) in [6.45, 7) is 2.19. The Bertz CT molecular complexity index is 430. The highest BCUT2D eigenvalue weighted by Gasteiger charge is 2.27. The summed E-state index contributed by atoms with van der Waals surface area (Å²) < 4.78 is 59.1. The summed E-state index contributed by atoms with van der Waals surface area (Å²) in [6, 6.07) is 0. The second-order valence-corrected chi connectivity index (χ2v) is 5.97. The molecule has 0 aromatic rings. The van der Waals surface area contributed by atoms with Crippen LogP contribution in [0, 0.1) is 17.7 Å². The quantitative estimate of drug-likeness (QED) is 0.570. The molecule has 0 aromatic carbocycles. The van der Waals surface area contributed by atoms with Gasteiger partial charge < -0.3 is 0 Å². The maximum Gasteiger partial charge on any atom is 0.149 e. The van der Waals surface area contributed by atoms with E-state index in [4.69, 9.17) is 5.48 Å². The Morgan fingerprint density at radius 3 is 2.32 bits per heavy atom. The largest absolute Gasteiger partial charge is 0.244 e. The normalized spacial score (nSPS) is 52.9. The van der Waals surface area contributed by atoms with E-state index in [2.05, 4.69) is 6.92 Å². The summed E-state index contributed by atoms with van der Waals surface area (Å²) in [5.74, 6) is -0.662. The van der Waals surface area contributed by atoms with Crippen LogP contribution in [0.15, 0.2) is 12.2 Å². The average Bonchev–Trinajstić information content (AvgIpc) is 2.50. The van der Waals surface area contributed by atoms with E-state index in [1.807, 2.05) is 0 Å². The number of allylic oxidation sites excluding steroid dienone is 2. The first-order valence-corrected chi connectivity index (χ1v) is 7.66. The van der Waals surface area contributed by atoms with Crippen molar-refractivity contribution in [2.75, 3.05) is 0 Å². The van der Waals surface area contributed by atoms with Gasteiger partial charge >= 0.3 is 0 Å². The van der Waals surface area contributed by atoms with E-state index < -0.39 is 24.6 Å². The van der Waals surface area contributed by atoms with Gasteiger partial charge in [-0.1, -0.05) is 57.6 Å². The highest BCUT2D eigenvalue weighted by Crippen LogP contribution is 2.36. The Morgan fingerprint density at radius 2 is 1.68 bits per heavy atom. The molecule has 2 heteroatoms. The van der Waals surface area contributed by atoms with Crippen LogP contribution in [0.4, 0.5) is 8.78 Å². The molecule has 2 aliphatic rings. The molecule has 0 saturated heterocycles. The highest BCUT2D eigenvalue weighted by molar-refractivity contribution is 5.02. The number of rotatable bonds is 5. The smallest absolute Gasteiger partial charge is 0.149 e. The Kier molecular flexibility index (Phi) is 4.03. The molecule has 2 rings (SSSR count). The fraction of sp³-hybridized carbons (Fsp3) is 0.882. The van der Waals surface area contributed by atoms with E-state index in [1.165, 1.54) is 25.7 Å². The van der Waals surface area contributed by atoms with Crippen molar-refractivity contribution in [2.24, 2.45) is 17.7 Å². The van der Waals surface area contributed by atoms with Crippen molar-refractivity contribution < 1.29 is 14.3 Å². The predicted molar refractivity (Wildman–Crippen MR) is 76.6 cm³/mol. The molecule has 0 spiro atoms. The van der Waals surface area contributed by atoms with Gasteiger partial charge in [-0.25, -0.2) is 8.78 Å². The third-order valence-corrected chi connectivity index (χ3v) is 4.47. The van der Waals surface area contributed by atoms with Gasteiger partial charge in [-0.3, -0.25) is 0 Å². The first-order chi connectivity index (χ1) is 10.6. The predicted octanol–water partition coefficient (Wildman–Crippen LogP) is 5.63. The standard InChI is InChI=1S/C17H28F2/c1-2-3-13-4-6-14(7-5-13)8-9-15-10-11-16(18)17(19)12-15/h10-11,13-17H,2-9,12H2,1H3/i12D2,15D,17D. The van der Waals surface area contributed by atoms with E-state index in [0.717, 1.165) is 30.9 Å². The van der Waals surface area contributed by atoms with Gasteiger partial charge in [-0.05, 0) is 36.9 Å². The molecular formula is C17H28F2. The van der Waals surface area contributed by atoms with Crippen molar-refractivity contribution in [3.8, 4) is 0 Å². The third kappa shape index (κ3) is 4.57. The van der Waals surface area contributed by atoms with E-state index in [1.54, 1.807) is 0 Å². The zero-order valence-electron chi connectivity index (χ0n) is 15.8. The lowest BCUT2D eigenvalue weighted by atomic mass is 9.77. The van der Waals surface area contributed by atoms with Gasteiger partial charge in [-0.15, -0.1) is 0 Å². The van der Waals surface area contributed by atoms with Gasteiger partial charge in [0.2, 0.25) is 0 Å². The van der Waals surface area contributed by atoms with Crippen molar-refractivity contribution in [3.05, 3.63) is 12.2 Å². The van der Waals surface area contributed by atoms with Gasteiger partial charge in [-0.2, -0.15) is 0 Å². The minimum atomic E-state index is -3.40. The second kappa shape index (κ2) is 7.40. The zero-order valence-corrected chi connectivity index (χ0v) is 11.8. The van der Waals surface area contributed by atoms with Gasteiger partial charge in [0.05, 0.1) is 1.37 Å². The van der Waals surface area contributed by atoms with Crippen LogP contribution in [0.5, 0.6) is 0 Å². The summed E-state index contributed by atoms with van der Waals surface area (Å²) in [7, 11) is 0. The van der Waals surface area contributed by atoms with Gasteiger partial charge in [0.25, 0.3) is 0 Å². The Morgan fingerprint density at radius 1 is 1.05 bits per heavy atom. The molecule has 3 unspecified atom stereocenters. The lowest BCUT2D eigenvalue weighted by molar-refractivity contribution is 0.161. The molecular weight excluding hydrogens is 242 g/mol. The van der Waals surface area contributed by atoms with Crippen molar-refractivity contribution in [1.29, 1.82) is 0 Å². The van der Waals surface area contributed by atoms with Crippen molar-refractivity contribution >= 4 is 0 Å². The van der Waals surface area contributed by atoms with E-state index in [0.29, 0.717) is 12.3 Å². The van der Waals surface area contributed by atoms with Gasteiger partial charge in [0.1, 0.15) is 12.3 Å². The number of hydrogen-bond acceptors (Lipinski definition) is 0. The fourth-order valence-corrected chi connectivity index (χ4v) is 3.27. The lowest BCUT2D eigenvalue weighted by Gasteiger charge is -2.30. The first-order valence-electron chi connectivity index (χ1n) is 9.66. The molecule has 3 atom stereocenters. The topological polar surface area (TPSA) is 0 Å². The molecule has 0 N–H and O–H groups in total. The Labute approximate surface area is 122 Å². The third-order valence-electron chi connectivity index (χ3n) is 4.47.